The Hall–Kier alpha value is -9.99. The summed E-state index contributed by atoms with van der Waals surface area (Å²) in [6.07, 6.45) is 20.3. The van der Waals surface area contributed by atoms with Crippen LogP contribution in [0.1, 0.15) is 168 Å². The van der Waals surface area contributed by atoms with Gasteiger partial charge in [0.1, 0.15) is 24.1 Å². The van der Waals surface area contributed by atoms with E-state index in [0.717, 1.165) is 55.1 Å². The molecule has 0 N–H and O–H groups in total. The van der Waals surface area contributed by atoms with E-state index in [2.05, 4.69) is 275 Å². The SMILES string of the molecule is Cc1cc(C)c(C)c(-c2c3c(cc[n+]2C)-c2ccc(C)nc2C3)c1.Cc1cc(C)c(C)c(-c2c3c(nc[n+]2C)-c2cccc(C4CCCC4)c2C3)c1.Cc1cc(C)c(C)c(-c2c3c(nc[n+]2C)-c2cccnc2C3)c1.Cc1ccc(C)c(-c2c3c(nc[n+]2C)-c2cccc(CC(C)C)c2C3)c1. The third-order valence-corrected chi connectivity index (χ3v) is 22.5. The number of aromatic nitrogens is 9. The molecule has 0 unspecified atom stereocenters. The smallest absolute Gasteiger partial charge is 0.260 e. The van der Waals surface area contributed by atoms with Crippen LogP contribution in [0.3, 0.4) is 0 Å². The molecule has 9 nitrogen and oxygen atoms in total. The first-order chi connectivity index (χ1) is 48.5. The number of rotatable bonds is 7. The molecule has 12 aromatic rings. The number of hydrogen-bond acceptors (Lipinski definition) is 5. The Morgan fingerprint density at radius 3 is 1.44 bits per heavy atom. The maximum absolute atomic E-state index is 4.89. The Labute approximate surface area is 599 Å². The van der Waals surface area contributed by atoms with Crippen molar-refractivity contribution in [3.63, 3.8) is 0 Å². The molecule has 6 aromatic heterocycles. The normalized spacial score (nSPS) is 13.2. The van der Waals surface area contributed by atoms with Crippen LogP contribution < -0.4 is 18.3 Å². The number of nitrogens with zero attached hydrogens (tertiary/aromatic N) is 9. The molecule has 1 fully saturated rings. The summed E-state index contributed by atoms with van der Waals surface area (Å²) in [6.45, 7) is 30.9. The molecule has 0 spiro atoms. The predicted octanol–water partition coefficient (Wildman–Crippen LogP) is 18.5. The van der Waals surface area contributed by atoms with Gasteiger partial charge in [-0.15, -0.1) is 0 Å². The van der Waals surface area contributed by atoms with Crippen molar-refractivity contribution in [3.8, 4) is 89.9 Å². The van der Waals surface area contributed by atoms with Crippen LogP contribution in [0.4, 0.5) is 0 Å². The summed E-state index contributed by atoms with van der Waals surface area (Å²) in [4.78, 5) is 23.7. The van der Waals surface area contributed by atoms with E-state index in [0.29, 0.717) is 5.92 Å². The monoisotopic (exact) mass is 1330 g/mol. The second-order valence-corrected chi connectivity index (χ2v) is 30.4. The zero-order valence-corrected chi connectivity index (χ0v) is 63.0. The number of benzene rings is 6. The molecule has 0 radical (unpaired) electrons. The van der Waals surface area contributed by atoms with Crippen molar-refractivity contribution in [2.24, 2.45) is 34.1 Å². The highest BCUT2D eigenvalue weighted by Crippen LogP contribution is 2.48. The molecule has 0 aliphatic heterocycles. The van der Waals surface area contributed by atoms with Crippen molar-refractivity contribution in [2.75, 3.05) is 0 Å². The summed E-state index contributed by atoms with van der Waals surface area (Å²) in [6, 6.07) is 44.8. The second-order valence-electron chi connectivity index (χ2n) is 30.4. The quantitative estimate of drug-likeness (QED) is 0.149. The Morgan fingerprint density at radius 2 is 0.861 bits per heavy atom. The first kappa shape index (κ1) is 68.2. The van der Waals surface area contributed by atoms with Gasteiger partial charge in [0, 0.05) is 93.7 Å². The van der Waals surface area contributed by atoms with Gasteiger partial charge in [0.05, 0.1) is 49.2 Å². The van der Waals surface area contributed by atoms with E-state index < -0.39 is 0 Å². The molecule has 5 aliphatic carbocycles. The Balaban J connectivity index is 0.000000115. The highest BCUT2D eigenvalue weighted by molar-refractivity contribution is 5.85. The third kappa shape index (κ3) is 12.7. The summed E-state index contributed by atoms with van der Waals surface area (Å²) in [5.74, 6) is 1.40. The van der Waals surface area contributed by atoms with Gasteiger partial charge in [0.25, 0.3) is 19.0 Å². The van der Waals surface area contributed by atoms with E-state index >= 15 is 0 Å². The van der Waals surface area contributed by atoms with Crippen LogP contribution in [0.5, 0.6) is 0 Å². The lowest BCUT2D eigenvalue weighted by atomic mass is 9.90. The van der Waals surface area contributed by atoms with E-state index in [1.165, 1.54) is 216 Å². The van der Waals surface area contributed by atoms with Crippen molar-refractivity contribution in [1.29, 1.82) is 0 Å². The first-order valence-electron chi connectivity index (χ1n) is 36.6. The Kier molecular flexibility index (Phi) is 18.6. The van der Waals surface area contributed by atoms with Gasteiger partial charge in [-0.25, -0.2) is 18.3 Å². The zero-order chi connectivity index (χ0) is 71.0. The lowest BCUT2D eigenvalue weighted by molar-refractivity contribution is -0.663. The molecule has 1 saturated carbocycles. The Morgan fingerprint density at radius 1 is 0.376 bits per heavy atom. The summed E-state index contributed by atoms with van der Waals surface area (Å²) in [5, 5.41) is 0. The number of fused-ring (bicyclic) bond motifs is 12. The van der Waals surface area contributed by atoms with E-state index in [9.17, 15) is 0 Å². The minimum atomic E-state index is 0.660. The van der Waals surface area contributed by atoms with Crippen LogP contribution in [-0.4, -0.2) is 24.9 Å². The average Bonchev–Trinajstić information content (AvgIpc) is 1.64. The molecule has 508 valence electrons. The van der Waals surface area contributed by atoms with Crippen molar-refractivity contribution in [3.05, 3.63) is 275 Å². The summed E-state index contributed by atoms with van der Waals surface area (Å²) in [7, 11) is 8.48. The molecule has 17 rings (SSSR count). The highest BCUT2D eigenvalue weighted by Gasteiger charge is 2.37. The third-order valence-electron chi connectivity index (χ3n) is 22.5. The molecular formula is C92H99N9+4. The number of aryl methyl sites for hydroxylation is 13. The maximum atomic E-state index is 4.89. The first-order valence-corrected chi connectivity index (χ1v) is 36.6. The van der Waals surface area contributed by atoms with Gasteiger partial charge in [-0.05, 0) is 238 Å². The Bertz CT molecular complexity index is 5330. The largest absolute Gasteiger partial charge is 0.287 e. The number of hydrogen-bond donors (Lipinski definition) is 0. The molecule has 6 heterocycles. The fourth-order valence-electron chi connectivity index (χ4n) is 17.2. The van der Waals surface area contributed by atoms with Crippen LogP contribution in [0.25, 0.3) is 89.9 Å². The summed E-state index contributed by atoms with van der Waals surface area (Å²) in [5.41, 5.74) is 50.1. The molecule has 0 atom stereocenters. The van der Waals surface area contributed by atoms with Crippen LogP contribution in [0, 0.1) is 89.0 Å². The van der Waals surface area contributed by atoms with Gasteiger partial charge in [0.15, 0.2) is 23.3 Å². The average molecular weight is 1330 g/mol. The van der Waals surface area contributed by atoms with Gasteiger partial charge >= 0.3 is 0 Å². The zero-order valence-electron chi connectivity index (χ0n) is 63.0. The lowest BCUT2D eigenvalue weighted by Gasteiger charge is -2.14. The fourth-order valence-corrected chi connectivity index (χ4v) is 17.2. The summed E-state index contributed by atoms with van der Waals surface area (Å²) < 4.78 is 8.82. The molecule has 0 amide bonds. The van der Waals surface area contributed by atoms with Gasteiger partial charge in [0.2, 0.25) is 5.69 Å². The molecule has 0 saturated heterocycles. The lowest BCUT2D eigenvalue weighted by Crippen LogP contribution is -2.33. The van der Waals surface area contributed by atoms with Gasteiger partial charge < -0.3 is 0 Å². The minimum Gasteiger partial charge on any atom is -0.260 e. The van der Waals surface area contributed by atoms with E-state index in [4.69, 9.17) is 15.0 Å². The predicted molar refractivity (Wildman–Crippen MR) is 411 cm³/mol. The molecule has 6 aromatic carbocycles. The standard InChI is InChI=1S/C26H29N2.C24H27N2.C22H23N2.C20H20N3/c1-16-12-17(2)18(3)22(13-16)26-24-14-23-20(19-8-5-6-9-19)10-7-11-21(23)25(24)27-15-28(26)4;1-15(2)11-18-7-6-8-19-21(18)13-22-23(19)25-14-26(5)24(22)20-12-16(3)9-10-17(20)4;1-13-10-14(2)16(4)19(11-13)22-20-12-21-18(7-6-15(3)23-21)17(20)8-9-24(22)5;1-12-8-13(2)14(3)16(9-12)20-17-10-18-15(6-5-7-21-18)19(17)22-11-23(20)4/h7,10-13,15,19H,5-6,8-9,14H2,1-4H3;6-10,12,14-15H,11,13H2,1-5H3;6-11H,12H2,1-5H3;5-9,11H,10H2,1-4H3/q4*+1. The van der Waals surface area contributed by atoms with E-state index in [1.807, 2.05) is 31.2 Å². The van der Waals surface area contributed by atoms with Crippen molar-refractivity contribution in [2.45, 2.75) is 161 Å². The molecular weight excluding hydrogens is 1230 g/mol. The van der Waals surface area contributed by atoms with Crippen molar-refractivity contribution >= 4 is 0 Å². The second kappa shape index (κ2) is 27.5. The molecule has 5 aliphatic rings. The van der Waals surface area contributed by atoms with E-state index in [-0.39, 0.29) is 0 Å². The van der Waals surface area contributed by atoms with Crippen molar-refractivity contribution in [1.82, 2.24) is 24.9 Å². The van der Waals surface area contributed by atoms with Crippen molar-refractivity contribution < 1.29 is 18.3 Å². The van der Waals surface area contributed by atoms with Gasteiger partial charge in [-0.2, -0.15) is 0 Å². The highest BCUT2D eigenvalue weighted by atomic mass is 15.0. The van der Waals surface area contributed by atoms with Gasteiger partial charge in [-0.3, -0.25) is 9.97 Å². The molecule has 9 heteroatoms. The topological polar surface area (TPSA) is 80.0 Å². The molecule has 0 bridgehead atoms. The van der Waals surface area contributed by atoms with Gasteiger partial charge in [-0.1, -0.05) is 122 Å². The van der Waals surface area contributed by atoms with Crippen LogP contribution in [0.2, 0.25) is 0 Å². The van der Waals surface area contributed by atoms with Crippen LogP contribution in [-0.2, 0) is 60.3 Å². The minimum absolute atomic E-state index is 0.660. The fraction of sp³-hybridized carbons (Fsp3) is 0.315. The number of pyridine rings is 3. The maximum Gasteiger partial charge on any atom is 0.287 e. The van der Waals surface area contributed by atoms with E-state index in [1.54, 1.807) is 5.56 Å². The van der Waals surface area contributed by atoms with Crippen LogP contribution in [0.15, 0.2) is 153 Å². The summed E-state index contributed by atoms with van der Waals surface area (Å²) >= 11 is 0. The van der Waals surface area contributed by atoms with Crippen LogP contribution >= 0.6 is 0 Å². The molecule has 101 heavy (non-hydrogen) atoms.